The highest BCUT2D eigenvalue weighted by atomic mass is 35.6. The molecule has 0 bridgehead atoms. The Balaban J connectivity index is 2.59. The summed E-state index contributed by atoms with van der Waals surface area (Å²) in [6.45, 7) is 1.86. The molecule has 2 aromatic heterocycles. The van der Waals surface area contributed by atoms with E-state index in [9.17, 15) is 4.79 Å². The second-order valence-corrected chi connectivity index (χ2v) is 5.66. The van der Waals surface area contributed by atoms with Crippen molar-refractivity contribution in [3.05, 3.63) is 29.6 Å². The standard InChI is InChI=1S/C10H7Cl3N2O/c1-5-2-3-6-7(4-14-9(6)15-5)8(16)10(11,12)13/h2-4H,1H3,(H,14,15). The van der Waals surface area contributed by atoms with Gasteiger partial charge in [-0.1, -0.05) is 34.8 Å². The Morgan fingerprint density at radius 3 is 2.69 bits per heavy atom. The first-order valence-corrected chi connectivity index (χ1v) is 5.59. The van der Waals surface area contributed by atoms with E-state index < -0.39 is 9.58 Å². The lowest BCUT2D eigenvalue weighted by Crippen LogP contribution is -2.18. The fourth-order valence-electron chi connectivity index (χ4n) is 1.44. The molecule has 0 fully saturated rings. The van der Waals surface area contributed by atoms with Gasteiger partial charge in [-0.25, -0.2) is 4.98 Å². The number of fused-ring (bicyclic) bond motifs is 1. The first kappa shape index (κ1) is 11.7. The monoisotopic (exact) mass is 276 g/mol. The highest BCUT2D eigenvalue weighted by molar-refractivity contribution is 6.77. The molecule has 3 nitrogen and oxygen atoms in total. The van der Waals surface area contributed by atoms with E-state index in [1.54, 1.807) is 12.1 Å². The Labute approximate surface area is 107 Å². The molecule has 0 amide bonds. The first-order valence-electron chi connectivity index (χ1n) is 4.46. The highest BCUT2D eigenvalue weighted by Gasteiger charge is 2.33. The Morgan fingerprint density at radius 1 is 1.38 bits per heavy atom. The van der Waals surface area contributed by atoms with Crippen molar-refractivity contribution in [3.8, 4) is 0 Å². The third-order valence-electron chi connectivity index (χ3n) is 2.18. The van der Waals surface area contributed by atoms with Gasteiger partial charge >= 0.3 is 0 Å². The van der Waals surface area contributed by atoms with Crippen molar-refractivity contribution < 1.29 is 4.79 Å². The maximum absolute atomic E-state index is 11.8. The zero-order valence-electron chi connectivity index (χ0n) is 8.22. The van der Waals surface area contributed by atoms with Gasteiger partial charge in [0.15, 0.2) is 0 Å². The summed E-state index contributed by atoms with van der Waals surface area (Å²) in [7, 11) is 0. The van der Waals surface area contributed by atoms with E-state index in [2.05, 4.69) is 9.97 Å². The van der Waals surface area contributed by atoms with Gasteiger partial charge in [0, 0.05) is 22.8 Å². The van der Waals surface area contributed by atoms with E-state index in [0.29, 0.717) is 16.6 Å². The lowest BCUT2D eigenvalue weighted by molar-refractivity contribution is 0.0998. The third-order valence-corrected chi connectivity index (χ3v) is 2.69. The average Bonchev–Trinajstić information content (AvgIpc) is 2.57. The molecule has 0 saturated carbocycles. The maximum atomic E-state index is 11.8. The number of H-pyrrole nitrogens is 1. The molecule has 16 heavy (non-hydrogen) atoms. The molecule has 0 unspecified atom stereocenters. The van der Waals surface area contributed by atoms with E-state index in [-0.39, 0.29) is 0 Å². The van der Waals surface area contributed by atoms with Crippen molar-refractivity contribution in [3.63, 3.8) is 0 Å². The van der Waals surface area contributed by atoms with Gasteiger partial charge < -0.3 is 4.98 Å². The zero-order chi connectivity index (χ0) is 11.9. The Kier molecular flexibility index (Phi) is 2.86. The van der Waals surface area contributed by atoms with Crippen LogP contribution in [-0.4, -0.2) is 19.5 Å². The number of nitrogens with zero attached hydrogens (tertiary/aromatic N) is 1. The van der Waals surface area contributed by atoms with Crippen LogP contribution in [0.1, 0.15) is 16.1 Å². The van der Waals surface area contributed by atoms with E-state index in [1.807, 2.05) is 6.92 Å². The number of hydrogen-bond donors (Lipinski definition) is 1. The van der Waals surface area contributed by atoms with E-state index in [1.165, 1.54) is 6.20 Å². The summed E-state index contributed by atoms with van der Waals surface area (Å²) < 4.78 is -1.94. The number of hydrogen-bond acceptors (Lipinski definition) is 2. The average molecular weight is 278 g/mol. The molecule has 0 aliphatic heterocycles. The van der Waals surface area contributed by atoms with Gasteiger partial charge in [0.2, 0.25) is 5.78 Å². The smallest absolute Gasteiger partial charge is 0.253 e. The number of nitrogens with one attached hydrogen (secondary N) is 1. The van der Waals surface area contributed by atoms with Crippen molar-refractivity contribution in [2.45, 2.75) is 10.7 Å². The predicted molar refractivity (Wildman–Crippen MR) is 65.5 cm³/mol. The van der Waals surface area contributed by atoms with Crippen molar-refractivity contribution in [2.24, 2.45) is 0 Å². The number of alkyl halides is 3. The van der Waals surface area contributed by atoms with Crippen molar-refractivity contribution in [1.29, 1.82) is 0 Å². The lowest BCUT2D eigenvalue weighted by Gasteiger charge is -2.07. The Morgan fingerprint density at radius 2 is 2.06 bits per heavy atom. The minimum absolute atomic E-state index is 0.336. The molecule has 84 valence electrons. The fourth-order valence-corrected chi connectivity index (χ4v) is 1.75. The number of pyridine rings is 1. The normalized spacial score (nSPS) is 12.0. The van der Waals surface area contributed by atoms with Crippen LogP contribution in [0.4, 0.5) is 0 Å². The number of aryl methyl sites for hydroxylation is 1. The van der Waals surface area contributed by atoms with Gasteiger partial charge in [-0.05, 0) is 19.1 Å². The second-order valence-electron chi connectivity index (χ2n) is 3.38. The minimum Gasteiger partial charge on any atom is -0.345 e. The van der Waals surface area contributed by atoms with Crippen molar-refractivity contribution in [1.82, 2.24) is 9.97 Å². The van der Waals surface area contributed by atoms with Crippen LogP contribution >= 0.6 is 34.8 Å². The van der Waals surface area contributed by atoms with Crippen LogP contribution in [0.2, 0.25) is 0 Å². The molecule has 0 radical (unpaired) electrons. The SMILES string of the molecule is Cc1ccc2c(C(=O)C(Cl)(Cl)Cl)c[nH]c2n1. The molecule has 0 atom stereocenters. The molecule has 2 heterocycles. The molecule has 0 saturated heterocycles. The number of aromatic amines is 1. The number of Topliss-reactive ketones (excluding diaryl/α,β-unsaturated/α-hetero) is 1. The van der Waals surface area contributed by atoms with Crippen LogP contribution in [0.3, 0.4) is 0 Å². The van der Waals surface area contributed by atoms with Gasteiger partial charge in [-0.2, -0.15) is 0 Å². The Bertz CT molecular complexity index is 557. The van der Waals surface area contributed by atoms with Gasteiger partial charge in [0.25, 0.3) is 3.79 Å². The summed E-state index contributed by atoms with van der Waals surface area (Å²) in [5, 5.41) is 0.655. The largest absolute Gasteiger partial charge is 0.345 e. The molecular weight excluding hydrogens is 270 g/mol. The summed E-state index contributed by atoms with van der Waals surface area (Å²) in [6, 6.07) is 3.57. The van der Waals surface area contributed by atoms with Crippen LogP contribution in [0.15, 0.2) is 18.3 Å². The minimum atomic E-state index is -1.94. The summed E-state index contributed by atoms with van der Waals surface area (Å²) in [6.07, 6.45) is 1.50. The molecule has 0 aliphatic rings. The highest BCUT2D eigenvalue weighted by Crippen LogP contribution is 2.32. The van der Waals surface area contributed by atoms with Crippen LogP contribution in [-0.2, 0) is 0 Å². The number of halogens is 3. The molecule has 0 aliphatic carbocycles. The molecule has 1 N–H and O–H groups in total. The van der Waals surface area contributed by atoms with Gasteiger partial charge in [-0.3, -0.25) is 4.79 Å². The lowest BCUT2D eigenvalue weighted by atomic mass is 10.1. The fraction of sp³-hybridized carbons (Fsp3) is 0.200. The van der Waals surface area contributed by atoms with E-state index in [4.69, 9.17) is 34.8 Å². The molecule has 6 heteroatoms. The first-order chi connectivity index (χ1) is 7.39. The van der Waals surface area contributed by atoms with Gasteiger partial charge in [0.1, 0.15) is 5.65 Å². The summed E-state index contributed by atoms with van der Waals surface area (Å²) in [5.41, 5.74) is 1.79. The molecule has 2 rings (SSSR count). The number of aromatic nitrogens is 2. The van der Waals surface area contributed by atoms with Gasteiger partial charge in [0.05, 0.1) is 0 Å². The van der Waals surface area contributed by atoms with Crippen LogP contribution in [0.25, 0.3) is 11.0 Å². The van der Waals surface area contributed by atoms with Crippen molar-refractivity contribution in [2.75, 3.05) is 0 Å². The maximum Gasteiger partial charge on any atom is 0.253 e. The van der Waals surface area contributed by atoms with Gasteiger partial charge in [-0.15, -0.1) is 0 Å². The molecule has 0 aromatic carbocycles. The summed E-state index contributed by atoms with van der Waals surface area (Å²) in [4.78, 5) is 18.9. The summed E-state index contributed by atoms with van der Waals surface area (Å²) in [5.74, 6) is -0.561. The van der Waals surface area contributed by atoms with Crippen LogP contribution in [0.5, 0.6) is 0 Å². The number of carbonyl (C=O) groups is 1. The second kappa shape index (κ2) is 3.91. The number of carbonyl (C=O) groups excluding carboxylic acids is 1. The van der Waals surface area contributed by atoms with Crippen LogP contribution in [0, 0.1) is 6.92 Å². The molecular formula is C10H7Cl3N2O. The number of ketones is 1. The van der Waals surface area contributed by atoms with E-state index in [0.717, 1.165) is 5.69 Å². The van der Waals surface area contributed by atoms with Crippen LogP contribution < -0.4 is 0 Å². The molecule has 0 spiro atoms. The van der Waals surface area contributed by atoms with E-state index >= 15 is 0 Å². The molecule has 2 aromatic rings. The Hall–Kier alpha value is -0.770. The quantitative estimate of drug-likeness (QED) is 0.641. The third kappa shape index (κ3) is 2.03. The summed E-state index contributed by atoms with van der Waals surface area (Å²) >= 11 is 16.7. The van der Waals surface area contributed by atoms with Crippen molar-refractivity contribution >= 4 is 51.6 Å². The zero-order valence-corrected chi connectivity index (χ0v) is 10.5. The number of rotatable bonds is 1. The topological polar surface area (TPSA) is 45.8 Å². The predicted octanol–water partition coefficient (Wildman–Crippen LogP) is 3.42.